The Morgan fingerprint density at radius 1 is 1.17 bits per heavy atom. The van der Waals surface area contributed by atoms with E-state index in [1.807, 2.05) is 24.3 Å². The number of amides is 3. The Balaban J connectivity index is 1.76. The molecule has 5 heteroatoms. The summed E-state index contributed by atoms with van der Waals surface area (Å²) in [5, 5.41) is 5.35. The molecule has 0 aromatic heterocycles. The van der Waals surface area contributed by atoms with Gasteiger partial charge in [0, 0.05) is 30.0 Å². The van der Waals surface area contributed by atoms with Crippen molar-refractivity contribution in [2.75, 3.05) is 23.3 Å². The van der Waals surface area contributed by atoms with Crippen molar-refractivity contribution in [2.24, 2.45) is 0 Å². The number of rotatable bonds is 4. The Hall–Kier alpha value is -3.08. The van der Waals surface area contributed by atoms with Gasteiger partial charge < -0.3 is 15.5 Å². The van der Waals surface area contributed by atoms with Crippen molar-refractivity contribution < 1.29 is 9.59 Å². The highest BCUT2D eigenvalue weighted by molar-refractivity contribution is 6.08. The van der Waals surface area contributed by atoms with Gasteiger partial charge in [0.25, 0.3) is 5.91 Å². The number of fused-ring (bicyclic) bond motifs is 1. The average molecular weight is 321 g/mol. The number of hydrogen-bond acceptors (Lipinski definition) is 2. The number of anilines is 2. The molecular weight excluding hydrogens is 302 g/mol. The van der Waals surface area contributed by atoms with Crippen molar-refractivity contribution in [1.29, 1.82) is 0 Å². The van der Waals surface area contributed by atoms with Crippen LogP contribution in [0.1, 0.15) is 15.9 Å². The third-order valence-electron chi connectivity index (χ3n) is 3.91. The third-order valence-corrected chi connectivity index (χ3v) is 3.91. The molecule has 0 spiro atoms. The predicted molar refractivity (Wildman–Crippen MR) is 95.5 cm³/mol. The van der Waals surface area contributed by atoms with Crippen LogP contribution in [0.4, 0.5) is 16.2 Å². The first-order valence-electron chi connectivity index (χ1n) is 7.84. The maximum absolute atomic E-state index is 12.8. The second kappa shape index (κ2) is 7.00. The minimum Gasteiger partial charge on any atom is -0.334 e. The van der Waals surface area contributed by atoms with Gasteiger partial charge in [-0.2, -0.15) is 0 Å². The van der Waals surface area contributed by atoms with Crippen molar-refractivity contribution in [3.63, 3.8) is 0 Å². The summed E-state index contributed by atoms with van der Waals surface area (Å²) in [5.74, 6) is -0.0601. The molecule has 3 amide bonds. The summed E-state index contributed by atoms with van der Waals surface area (Å²) in [6.45, 7) is 4.61. The Bertz CT molecular complexity index is 786. The van der Waals surface area contributed by atoms with Crippen LogP contribution in [0.25, 0.3) is 0 Å². The molecule has 0 saturated heterocycles. The maximum Gasteiger partial charge on any atom is 0.319 e. The molecule has 122 valence electrons. The molecule has 5 nitrogen and oxygen atoms in total. The number of urea groups is 1. The lowest BCUT2D eigenvalue weighted by atomic mass is 10.1. The van der Waals surface area contributed by atoms with E-state index in [4.69, 9.17) is 0 Å². The zero-order valence-electron chi connectivity index (χ0n) is 13.3. The number of nitrogens with zero attached hydrogens (tertiary/aromatic N) is 1. The zero-order valence-corrected chi connectivity index (χ0v) is 13.3. The molecule has 1 aliphatic heterocycles. The third kappa shape index (κ3) is 3.30. The van der Waals surface area contributed by atoms with E-state index in [9.17, 15) is 9.59 Å². The van der Waals surface area contributed by atoms with Crippen molar-refractivity contribution in [1.82, 2.24) is 5.32 Å². The second-order valence-electron chi connectivity index (χ2n) is 5.54. The number of para-hydroxylation sites is 1. The summed E-state index contributed by atoms with van der Waals surface area (Å²) in [5.41, 5.74) is 3.27. The van der Waals surface area contributed by atoms with Gasteiger partial charge in [-0.1, -0.05) is 30.3 Å². The Morgan fingerprint density at radius 3 is 2.83 bits per heavy atom. The second-order valence-corrected chi connectivity index (χ2v) is 5.54. The lowest BCUT2D eigenvalue weighted by Crippen LogP contribution is -2.30. The van der Waals surface area contributed by atoms with Crippen LogP contribution in [0.15, 0.2) is 61.2 Å². The van der Waals surface area contributed by atoms with Gasteiger partial charge >= 0.3 is 6.03 Å². The standard InChI is InChI=1S/C19H19N3O2/c1-2-11-20-19(24)21-16-8-5-7-15(13-16)18(23)22-12-10-14-6-3-4-9-17(14)22/h2-9,13H,1,10-12H2,(H2,20,21,24). The van der Waals surface area contributed by atoms with Gasteiger partial charge in [-0.15, -0.1) is 6.58 Å². The van der Waals surface area contributed by atoms with Gasteiger partial charge in [0.15, 0.2) is 0 Å². The highest BCUT2D eigenvalue weighted by Crippen LogP contribution is 2.29. The summed E-state index contributed by atoms with van der Waals surface area (Å²) in [7, 11) is 0. The van der Waals surface area contributed by atoms with Gasteiger partial charge in [0.05, 0.1) is 0 Å². The van der Waals surface area contributed by atoms with Gasteiger partial charge in [-0.3, -0.25) is 4.79 Å². The number of carbonyl (C=O) groups excluding carboxylic acids is 2. The Labute approximate surface area is 141 Å². The van der Waals surface area contributed by atoms with E-state index >= 15 is 0 Å². The number of carbonyl (C=O) groups is 2. The van der Waals surface area contributed by atoms with E-state index in [-0.39, 0.29) is 11.9 Å². The van der Waals surface area contributed by atoms with E-state index in [1.54, 1.807) is 35.2 Å². The molecule has 3 rings (SSSR count). The Kier molecular flexibility index (Phi) is 4.61. The van der Waals surface area contributed by atoms with Crippen molar-refractivity contribution >= 4 is 23.3 Å². The minimum atomic E-state index is -0.328. The number of hydrogen-bond donors (Lipinski definition) is 2. The molecule has 0 aliphatic carbocycles. The fraction of sp³-hybridized carbons (Fsp3) is 0.158. The first-order chi connectivity index (χ1) is 11.7. The van der Waals surface area contributed by atoms with Crippen LogP contribution >= 0.6 is 0 Å². The summed E-state index contributed by atoms with van der Waals surface area (Å²) in [4.78, 5) is 26.3. The lowest BCUT2D eigenvalue weighted by molar-refractivity contribution is 0.0989. The average Bonchev–Trinajstić information content (AvgIpc) is 3.03. The van der Waals surface area contributed by atoms with E-state index < -0.39 is 0 Å². The van der Waals surface area contributed by atoms with Gasteiger partial charge in [-0.05, 0) is 36.2 Å². The minimum absolute atomic E-state index is 0.0601. The van der Waals surface area contributed by atoms with E-state index in [0.717, 1.165) is 12.1 Å². The fourth-order valence-electron chi connectivity index (χ4n) is 2.78. The normalized spacial score (nSPS) is 12.4. The first kappa shape index (κ1) is 15.8. The van der Waals surface area contributed by atoms with Crippen LogP contribution < -0.4 is 15.5 Å². The quantitative estimate of drug-likeness (QED) is 0.850. The van der Waals surface area contributed by atoms with Crippen molar-refractivity contribution in [2.45, 2.75) is 6.42 Å². The molecule has 0 saturated carbocycles. The van der Waals surface area contributed by atoms with E-state index in [2.05, 4.69) is 17.2 Å². The van der Waals surface area contributed by atoms with Crippen LogP contribution in [0.2, 0.25) is 0 Å². The highest BCUT2D eigenvalue weighted by atomic mass is 16.2. The van der Waals surface area contributed by atoms with Crippen LogP contribution in [0.3, 0.4) is 0 Å². The van der Waals surface area contributed by atoms with Crippen molar-refractivity contribution in [3.8, 4) is 0 Å². The molecule has 0 bridgehead atoms. The zero-order chi connectivity index (χ0) is 16.9. The summed E-state index contributed by atoms with van der Waals surface area (Å²) in [6, 6.07) is 14.6. The number of benzene rings is 2. The molecule has 24 heavy (non-hydrogen) atoms. The molecule has 0 fully saturated rings. The summed E-state index contributed by atoms with van der Waals surface area (Å²) < 4.78 is 0. The van der Waals surface area contributed by atoms with E-state index in [1.165, 1.54) is 5.56 Å². The molecular formula is C19H19N3O2. The van der Waals surface area contributed by atoms with Gasteiger partial charge in [0.1, 0.15) is 0 Å². The van der Waals surface area contributed by atoms with Crippen LogP contribution in [-0.2, 0) is 6.42 Å². The number of nitrogens with one attached hydrogen (secondary N) is 2. The molecule has 0 unspecified atom stereocenters. The summed E-state index contributed by atoms with van der Waals surface area (Å²) in [6.07, 6.45) is 2.47. The molecule has 1 aliphatic rings. The molecule has 2 aromatic rings. The molecule has 2 aromatic carbocycles. The monoisotopic (exact) mass is 321 g/mol. The largest absolute Gasteiger partial charge is 0.334 e. The maximum atomic E-state index is 12.8. The van der Waals surface area contributed by atoms with Gasteiger partial charge in [0.2, 0.25) is 0 Å². The highest BCUT2D eigenvalue weighted by Gasteiger charge is 2.25. The first-order valence-corrected chi connectivity index (χ1v) is 7.84. The van der Waals surface area contributed by atoms with Crippen LogP contribution in [-0.4, -0.2) is 25.0 Å². The topological polar surface area (TPSA) is 61.4 Å². The molecule has 0 radical (unpaired) electrons. The summed E-state index contributed by atoms with van der Waals surface area (Å²) >= 11 is 0. The van der Waals surface area contributed by atoms with Gasteiger partial charge in [-0.25, -0.2) is 4.79 Å². The Morgan fingerprint density at radius 2 is 2.00 bits per heavy atom. The van der Waals surface area contributed by atoms with Crippen LogP contribution in [0.5, 0.6) is 0 Å². The lowest BCUT2D eigenvalue weighted by Gasteiger charge is -2.18. The molecule has 2 N–H and O–H groups in total. The van der Waals surface area contributed by atoms with Crippen molar-refractivity contribution in [3.05, 3.63) is 72.3 Å². The predicted octanol–water partition coefficient (Wildman–Crippen LogP) is 3.20. The molecule has 1 heterocycles. The van der Waals surface area contributed by atoms with Crippen LogP contribution in [0, 0.1) is 0 Å². The van der Waals surface area contributed by atoms with E-state index in [0.29, 0.717) is 24.3 Å². The fourth-order valence-corrected chi connectivity index (χ4v) is 2.78. The molecule has 0 atom stereocenters. The smallest absolute Gasteiger partial charge is 0.319 e. The SMILES string of the molecule is C=CCNC(=O)Nc1cccc(C(=O)N2CCc3ccccc32)c1.